The summed E-state index contributed by atoms with van der Waals surface area (Å²) in [4.78, 5) is 12.2. The molecule has 0 radical (unpaired) electrons. The Bertz CT molecular complexity index is 817. The lowest BCUT2D eigenvalue weighted by Crippen LogP contribution is -2.19. The minimum Gasteiger partial charge on any atom is -0.490 e. The maximum atomic E-state index is 12.9. The lowest BCUT2D eigenvalue weighted by Gasteiger charge is -2.11. The van der Waals surface area contributed by atoms with Crippen molar-refractivity contribution in [2.24, 2.45) is 0 Å². The van der Waals surface area contributed by atoms with Crippen molar-refractivity contribution in [2.45, 2.75) is 6.54 Å². The van der Waals surface area contributed by atoms with Crippen LogP contribution in [-0.4, -0.2) is 25.4 Å². The zero-order valence-corrected chi connectivity index (χ0v) is 15.6. The van der Waals surface area contributed by atoms with E-state index < -0.39 is 5.97 Å². The summed E-state index contributed by atoms with van der Waals surface area (Å²) in [5.74, 6) is -0.362. The summed E-state index contributed by atoms with van der Waals surface area (Å²) in [6.07, 6.45) is 1.75. The summed E-state index contributed by atoms with van der Waals surface area (Å²) in [6, 6.07) is 17.0. The number of halogens is 1. The first kappa shape index (κ1) is 20.3. The van der Waals surface area contributed by atoms with Gasteiger partial charge >= 0.3 is 5.97 Å². The predicted octanol–water partition coefficient (Wildman–Crippen LogP) is 3.64. The fraction of sp³-hybridized carbons (Fsp3) is 0.200. The van der Waals surface area contributed by atoms with Crippen molar-refractivity contribution in [1.82, 2.24) is 5.32 Å². The van der Waals surface area contributed by atoms with Gasteiger partial charge < -0.3 is 14.8 Å². The lowest BCUT2D eigenvalue weighted by atomic mass is 10.2. The van der Waals surface area contributed by atoms with Gasteiger partial charge in [0.1, 0.15) is 30.8 Å². The van der Waals surface area contributed by atoms with Gasteiger partial charge in [-0.2, -0.15) is 5.26 Å². The zero-order valence-electron chi connectivity index (χ0n) is 14.8. The van der Waals surface area contributed by atoms with Crippen LogP contribution in [0, 0.1) is 17.1 Å². The van der Waals surface area contributed by atoms with E-state index in [4.69, 9.17) is 9.47 Å². The van der Waals surface area contributed by atoms with E-state index in [0.29, 0.717) is 17.3 Å². The van der Waals surface area contributed by atoms with Crippen LogP contribution in [-0.2, 0) is 16.1 Å². The van der Waals surface area contributed by atoms with Gasteiger partial charge in [0.05, 0.1) is 5.03 Å². The number of carbonyl (C=O) groups is 1. The fourth-order valence-corrected chi connectivity index (χ4v) is 2.67. The maximum absolute atomic E-state index is 12.9. The number of nitrogens with one attached hydrogen (secondary N) is 1. The molecule has 0 aliphatic heterocycles. The topological polar surface area (TPSA) is 71.4 Å². The minimum absolute atomic E-state index is 0.0263. The largest absolute Gasteiger partial charge is 0.490 e. The third-order valence-corrected chi connectivity index (χ3v) is 4.20. The van der Waals surface area contributed by atoms with Crippen molar-refractivity contribution in [3.63, 3.8) is 0 Å². The highest BCUT2D eigenvalue weighted by molar-refractivity contribution is 8.02. The van der Waals surface area contributed by atoms with E-state index >= 15 is 0 Å². The smallest absolute Gasteiger partial charge is 0.351 e. The molecule has 0 bridgehead atoms. The number of hydrogen-bond acceptors (Lipinski definition) is 6. The summed E-state index contributed by atoms with van der Waals surface area (Å²) in [7, 11) is 0. The standard InChI is InChI=1S/C20H19FN2O3S/c1-27-19(23-14-15-7-9-16(21)10-8-15)18(13-22)20(24)26-12-11-25-17-5-3-2-4-6-17/h2-10,23H,11-12,14H2,1H3/b19-18-. The van der Waals surface area contributed by atoms with E-state index in [0.717, 1.165) is 5.56 Å². The molecule has 0 fully saturated rings. The van der Waals surface area contributed by atoms with Crippen LogP contribution in [0.25, 0.3) is 0 Å². The van der Waals surface area contributed by atoms with Crippen molar-refractivity contribution < 1.29 is 18.7 Å². The molecule has 27 heavy (non-hydrogen) atoms. The van der Waals surface area contributed by atoms with Crippen LogP contribution in [0.15, 0.2) is 65.2 Å². The van der Waals surface area contributed by atoms with Gasteiger partial charge in [-0.3, -0.25) is 0 Å². The predicted molar refractivity (Wildman–Crippen MR) is 102 cm³/mol. The molecule has 0 amide bonds. The maximum Gasteiger partial charge on any atom is 0.351 e. The third kappa shape index (κ3) is 6.68. The molecular weight excluding hydrogens is 367 g/mol. The van der Waals surface area contributed by atoms with Gasteiger partial charge in [-0.1, -0.05) is 30.3 Å². The molecule has 0 saturated heterocycles. The van der Waals surface area contributed by atoms with Crippen LogP contribution in [0.3, 0.4) is 0 Å². The summed E-state index contributed by atoms with van der Waals surface area (Å²) in [6.45, 7) is 0.566. The van der Waals surface area contributed by atoms with Crippen molar-refractivity contribution in [2.75, 3.05) is 19.5 Å². The molecule has 0 atom stereocenters. The first-order chi connectivity index (χ1) is 13.1. The van der Waals surface area contributed by atoms with E-state index in [2.05, 4.69) is 5.32 Å². The zero-order chi connectivity index (χ0) is 19.5. The van der Waals surface area contributed by atoms with Crippen LogP contribution in [0.4, 0.5) is 4.39 Å². The minimum atomic E-state index is -0.717. The molecule has 5 nitrogen and oxygen atoms in total. The summed E-state index contributed by atoms with van der Waals surface area (Å²) in [5, 5.41) is 12.7. The Labute approximate surface area is 161 Å². The van der Waals surface area contributed by atoms with Gasteiger partial charge in [0, 0.05) is 6.54 Å². The van der Waals surface area contributed by atoms with E-state index in [1.165, 1.54) is 23.9 Å². The number of para-hydroxylation sites is 1. The second kappa shape index (κ2) is 10.9. The highest BCUT2D eigenvalue weighted by atomic mass is 32.2. The molecule has 0 aliphatic rings. The molecular formula is C20H19FN2O3S. The first-order valence-corrected chi connectivity index (χ1v) is 9.38. The van der Waals surface area contributed by atoms with Gasteiger partial charge in [0.2, 0.25) is 0 Å². The van der Waals surface area contributed by atoms with Crippen molar-refractivity contribution in [3.8, 4) is 11.8 Å². The van der Waals surface area contributed by atoms with E-state index in [9.17, 15) is 14.4 Å². The van der Waals surface area contributed by atoms with Crippen molar-refractivity contribution in [1.29, 1.82) is 5.26 Å². The van der Waals surface area contributed by atoms with Crippen LogP contribution in [0.5, 0.6) is 5.75 Å². The van der Waals surface area contributed by atoms with E-state index in [-0.39, 0.29) is 24.6 Å². The summed E-state index contributed by atoms with van der Waals surface area (Å²) >= 11 is 1.23. The van der Waals surface area contributed by atoms with Crippen LogP contribution in [0.2, 0.25) is 0 Å². The SMILES string of the molecule is CS/C(NCc1ccc(F)cc1)=C(/C#N)C(=O)OCCOc1ccccc1. The molecule has 140 valence electrons. The van der Waals surface area contributed by atoms with Gasteiger partial charge in [0.25, 0.3) is 0 Å². The fourth-order valence-electron chi connectivity index (χ4n) is 2.12. The highest BCUT2D eigenvalue weighted by Crippen LogP contribution is 2.16. The molecule has 0 unspecified atom stereocenters. The molecule has 0 saturated carbocycles. The van der Waals surface area contributed by atoms with Crippen LogP contribution >= 0.6 is 11.8 Å². The third-order valence-electron chi connectivity index (χ3n) is 3.44. The number of esters is 1. The first-order valence-electron chi connectivity index (χ1n) is 8.15. The molecule has 2 aromatic rings. The van der Waals surface area contributed by atoms with Crippen LogP contribution in [0.1, 0.15) is 5.56 Å². The molecule has 1 N–H and O–H groups in total. The quantitative estimate of drug-likeness (QED) is 0.307. The number of rotatable bonds is 9. The van der Waals surface area contributed by atoms with E-state index in [1.54, 1.807) is 30.5 Å². The van der Waals surface area contributed by atoms with Gasteiger partial charge in [-0.25, -0.2) is 9.18 Å². The Balaban J connectivity index is 1.89. The normalized spacial score (nSPS) is 11.1. The molecule has 2 aromatic carbocycles. The average molecular weight is 386 g/mol. The number of nitrogens with zero attached hydrogens (tertiary/aromatic N) is 1. The lowest BCUT2D eigenvalue weighted by molar-refractivity contribution is -0.139. The summed E-state index contributed by atoms with van der Waals surface area (Å²) < 4.78 is 23.5. The number of nitriles is 1. The monoisotopic (exact) mass is 386 g/mol. The Kier molecular flexibility index (Phi) is 8.20. The number of carbonyl (C=O) groups excluding carboxylic acids is 1. The number of thioether (sulfide) groups is 1. The van der Waals surface area contributed by atoms with Crippen molar-refractivity contribution in [3.05, 3.63) is 76.6 Å². The highest BCUT2D eigenvalue weighted by Gasteiger charge is 2.17. The Morgan fingerprint density at radius 3 is 2.48 bits per heavy atom. The van der Waals surface area contributed by atoms with Gasteiger partial charge in [-0.05, 0) is 36.1 Å². The summed E-state index contributed by atoms with van der Waals surface area (Å²) in [5.41, 5.74) is 0.717. The van der Waals surface area contributed by atoms with Crippen molar-refractivity contribution >= 4 is 17.7 Å². The molecule has 0 aromatic heterocycles. The Morgan fingerprint density at radius 1 is 1.15 bits per heavy atom. The van der Waals surface area contributed by atoms with Crippen LogP contribution < -0.4 is 10.1 Å². The number of benzene rings is 2. The Morgan fingerprint density at radius 2 is 1.85 bits per heavy atom. The molecule has 0 aliphatic carbocycles. The molecule has 7 heteroatoms. The number of ether oxygens (including phenoxy) is 2. The molecule has 0 spiro atoms. The molecule has 0 heterocycles. The Hall–Kier alpha value is -2.98. The molecule has 2 rings (SSSR count). The van der Waals surface area contributed by atoms with E-state index in [1.807, 2.05) is 24.3 Å². The van der Waals surface area contributed by atoms with Gasteiger partial charge in [0.15, 0.2) is 5.57 Å². The average Bonchev–Trinajstić information content (AvgIpc) is 2.70. The second-order valence-electron chi connectivity index (χ2n) is 5.30. The number of hydrogen-bond donors (Lipinski definition) is 1. The second-order valence-corrected chi connectivity index (χ2v) is 6.11. The van der Waals surface area contributed by atoms with Gasteiger partial charge in [-0.15, -0.1) is 11.8 Å².